The minimum Gasteiger partial charge on any atom is -0.456 e. The zero-order valence-corrected chi connectivity index (χ0v) is 31.2. The van der Waals surface area contributed by atoms with Crippen LogP contribution in [0.4, 0.5) is 17.1 Å². The third kappa shape index (κ3) is 5.26. The Labute approximate surface area is 332 Å². The van der Waals surface area contributed by atoms with Crippen LogP contribution < -0.4 is 4.90 Å². The lowest BCUT2D eigenvalue weighted by Crippen LogP contribution is -2.29. The number of para-hydroxylation sites is 1. The predicted molar refractivity (Wildman–Crippen MR) is 237 cm³/mol. The van der Waals surface area contributed by atoms with Gasteiger partial charge in [-0.3, -0.25) is 0 Å². The van der Waals surface area contributed by atoms with Gasteiger partial charge in [0.1, 0.15) is 11.2 Å². The van der Waals surface area contributed by atoms with E-state index in [4.69, 9.17) is 4.42 Å². The molecule has 0 amide bonds. The van der Waals surface area contributed by atoms with Gasteiger partial charge in [0.25, 0.3) is 0 Å². The van der Waals surface area contributed by atoms with E-state index in [-0.39, 0.29) is 0 Å². The lowest BCUT2D eigenvalue weighted by Gasteiger charge is -2.35. The van der Waals surface area contributed by atoms with E-state index in [9.17, 15) is 0 Å². The van der Waals surface area contributed by atoms with Crippen LogP contribution in [0.1, 0.15) is 22.3 Å². The highest BCUT2D eigenvalue weighted by Crippen LogP contribution is 2.57. The van der Waals surface area contributed by atoms with Gasteiger partial charge in [0.2, 0.25) is 0 Å². The topological polar surface area (TPSA) is 16.4 Å². The molecule has 11 rings (SSSR count). The van der Waals surface area contributed by atoms with Gasteiger partial charge >= 0.3 is 0 Å². The van der Waals surface area contributed by atoms with Gasteiger partial charge in [0, 0.05) is 16.8 Å². The van der Waals surface area contributed by atoms with E-state index in [1.165, 1.54) is 50.1 Å². The molecule has 1 aliphatic carbocycles. The van der Waals surface area contributed by atoms with E-state index in [0.29, 0.717) is 0 Å². The first-order valence-electron chi connectivity index (χ1n) is 19.6. The van der Waals surface area contributed by atoms with Crippen LogP contribution in [0.15, 0.2) is 229 Å². The Balaban J connectivity index is 1.17. The van der Waals surface area contributed by atoms with Crippen molar-refractivity contribution in [3.05, 3.63) is 247 Å². The second-order valence-electron chi connectivity index (χ2n) is 14.8. The van der Waals surface area contributed by atoms with Gasteiger partial charge in [-0.25, -0.2) is 0 Å². The molecule has 0 bridgehead atoms. The summed E-state index contributed by atoms with van der Waals surface area (Å²) in [5.41, 5.74) is 16.7. The Morgan fingerprint density at radius 1 is 0.351 bits per heavy atom. The Kier molecular flexibility index (Phi) is 7.75. The summed E-state index contributed by atoms with van der Waals surface area (Å²) < 4.78 is 6.58. The Morgan fingerprint density at radius 2 is 0.877 bits per heavy atom. The average molecular weight is 728 g/mol. The van der Waals surface area contributed by atoms with Gasteiger partial charge in [-0.05, 0) is 110 Å². The molecular weight excluding hydrogens is 691 g/mol. The van der Waals surface area contributed by atoms with Crippen molar-refractivity contribution in [2.24, 2.45) is 0 Å². The number of furan rings is 1. The summed E-state index contributed by atoms with van der Waals surface area (Å²) in [6.45, 7) is 0. The van der Waals surface area contributed by atoms with Crippen molar-refractivity contribution >= 4 is 39.0 Å². The Hall–Kier alpha value is -7.42. The van der Waals surface area contributed by atoms with Gasteiger partial charge in [0.15, 0.2) is 0 Å². The normalized spacial score (nSPS) is 12.7. The van der Waals surface area contributed by atoms with E-state index < -0.39 is 5.41 Å². The molecule has 268 valence electrons. The van der Waals surface area contributed by atoms with Crippen LogP contribution in [0.5, 0.6) is 0 Å². The second-order valence-corrected chi connectivity index (χ2v) is 14.8. The molecule has 10 aromatic rings. The zero-order chi connectivity index (χ0) is 37.8. The van der Waals surface area contributed by atoms with Crippen molar-refractivity contribution < 1.29 is 4.42 Å². The molecule has 0 aliphatic heterocycles. The highest BCUT2D eigenvalue weighted by Gasteiger charge is 2.46. The number of anilines is 3. The summed E-state index contributed by atoms with van der Waals surface area (Å²) in [6.07, 6.45) is 0. The van der Waals surface area contributed by atoms with Gasteiger partial charge in [-0.15, -0.1) is 0 Å². The van der Waals surface area contributed by atoms with Crippen LogP contribution in [0.25, 0.3) is 55.3 Å². The molecule has 0 unspecified atom stereocenters. The molecule has 2 nitrogen and oxygen atoms in total. The number of rotatable bonds is 7. The molecule has 0 atom stereocenters. The highest BCUT2D eigenvalue weighted by atomic mass is 16.3. The van der Waals surface area contributed by atoms with Crippen LogP contribution in [0.2, 0.25) is 0 Å². The third-order valence-electron chi connectivity index (χ3n) is 11.7. The quantitative estimate of drug-likeness (QED) is 0.163. The summed E-state index contributed by atoms with van der Waals surface area (Å²) in [5.74, 6) is 0. The van der Waals surface area contributed by atoms with E-state index >= 15 is 0 Å². The molecule has 9 aromatic carbocycles. The number of benzene rings is 9. The highest BCUT2D eigenvalue weighted by molar-refractivity contribution is 6.14. The fraction of sp³-hybridized carbons (Fsp3) is 0.0182. The molecule has 0 spiro atoms. The summed E-state index contributed by atoms with van der Waals surface area (Å²) in [5, 5.41) is 2.17. The van der Waals surface area contributed by atoms with Crippen LogP contribution in [0, 0.1) is 0 Å². The van der Waals surface area contributed by atoms with Gasteiger partial charge in [-0.2, -0.15) is 0 Å². The van der Waals surface area contributed by atoms with Gasteiger partial charge in [0.05, 0.1) is 16.5 Å². The van der Waals surface area contributed by atoms with Crippen LogP contribution in [-0.4, -0.2) is 0 Å². The average Bonchev–Trinajstić information content (AvgIpc) is 3.82. The van der Waals surface area contributed by atoms with Gasteiger partial charge in [-0.1, -0.05) is 170 Å². The number of hydrogen-bond acceptors (Lipinski definition) is 2. The summed E-state index contributed by atoms with van der Waals surface area (Å²) >= 11 is 0. The molecule has 57 heavy (non-hydrogen) atoms. The summed E-state index contributed by atoms with van der Waals surface area (Å²) in [4.78, 5) is 2.40. The van der Waals surface area contributed by atoms with E-state index in [0.717, 1.165) is 44.6 Å². The Morgan fingerprint density at radius 3 is 1.56 bits per heavy atom. The summed E-state index contributed by atoms with van der Waals surface area (Å²) in [6, 6.07) is 81.3. The number of nitrogens with zero attached hydrogens (tertiary/aromatic N) is 1. The van der Waals surface area contributed by atoms with E-state index in [1.54, 1.807) is 0 Å². The SMILES string of the molecule is c1ccc(-c2cccc(C3(c4cccc(N(c5ccccc5)c5cccc6oc7ccc(-c8ccccc8)cc7c56)c4)c4ccccc4-c4ccccc43)c2)cc1. The predicted octanol–water partition coefficient (Wildman–Crippen LogP) is 14.8. The minimum absolute atomic E-state index is 0.574. The smallest absolute Gasteiger partial charge is 0.137 e. The van der Waals surface area contributed by atoms with Crippen molar-refractivity contribution in [3.63, 3.8) is 0 Å². The summed E-state index contributed by atoms with van der Waals surface area (Å²) in [7, 11) is 0. The molecule has 1 heterocycles. The third-order valence-corrected chi connectivity index (χ3v) is 11.7. The maximum absolute atomic E-state index is 6.58. The molecule has 0 radical (unpaired) electrons. The largest absolute Gasteiger partial charge is 0.456 e. The monoisotopic (exact) mass is 727 g/mol. The molecular formula is C55H37NO. The molecule has 1 aromatic heterocycles. The number of hydrogen-bond donors (Lipinski definition) is 0. The lowest BCUT2D eigenvalue weighted by atomic mass is 9.67. The van der Waals surface area contributed by atoms with Crippen molar-refractivity contribution in [2.75, 3.05) is 4.90 Å². The second kappa shape index (κ2) is 13.4. The first-order valence-corrected chi connectivity index (χ1v) is 19.6. The zero-order valence-electron chi connectivity index (χ0n) is 31.2. The lowest BCUT2D eigenvalue weighted by molar-refractivity contribution is 0.669. The van der Waals surface area contributed by atoms with Crippen molar-refractivity contribution in [2.45, 2.75) is 5.41 Å². The first kappa shape index (κ1) is 33.0. The number of fused-ring (bicyclic) bond motifs is 6. The van der Waals surface area contributed by atoms with Crippen molar-refractivity contribution in [1.82, 2.24) is 0 Å². The van der Waals surface area contributed by atoms with Crippen LogP contribution in [0.3, 0.4) is 0 Å². The maximum atomic E-state index is 6.58. The van der Waals surface area contributed by atoms with Crippen molar-refractivity contribution in [3.8, 4) is 33.4 Å². The molecule has 0 N–H and O–H groups in total. The first-order chi connectivity index (χ1) is 28.3. The van der Waals surface area contributed by atoms with Gasteiger partial charge < -0.3 is 9.32 Å². The molecule has 0 saturated heterocycles. The van der Waals surface area contributed by atoms with E-state index in [1.807, 2.05) is 0 Å². The minimum atomic E-state index is -0.574. The fourth-order valence-corrected chi connectivity index (χ4v) is 9.27. The molecule has 0 fully saturated rings. The van der Waals surface area contributed by atoms with Crippen LogP contribution in [-0.2, 0) is 5.41 Å². The standard InChI is InChI=1S/C55H37NO/c1-4-17-38(18-5-1)40-21-14-22-42(35-40)55(49-29-12-10-27-46(49)47-28-11-13-30-50(47)55)43-23-15-26-45(37-43)56(44-24-8-3-9-25-44)51-31-16-32-53-54(51)48-36-41(33-34-52(48)57-53)39-19-6-2-7-20-39/h1-37H. The van der Waals surface area contributed by atoms with Crippen LogP contribution >= 0.6 is 0 Å². The fourth-order valence-electron chi connectivity index (χ4n) is 9.27. The Bertz CT molecular complexity index is 3030. The van der Waals surface area contributed by atoms with E-state index in [2.05, 4.69) is 229 Å². The maximum Gasteiger partial charge on any atom is 0.137 e. The molecule has 1 aliphatic rings. The molecule has 2 heteroatoms. The van der Waals surface area contributed by atoms with Crippen molar-refractivity contribution in [1.29, 1.82) is 0 Å². The molecule has 0 saturated carbocycles.